The third-order valence-electron chi connectivity index (χ3n) is 3.25. The number of nitrogen functional groups attached to an aromatic ring is 1. The Hall–Kier alpha value is -2.80. The Morgan fingerprint density at radius 1 is 0.885 bits per heavy atom. The second-order valence-electron chi connectivity index (χ2n) is 5.03. The second kappa shape index (κ2) is 6.84. The summed E-state index contributed by atoms with van der Waals surface area (Å²) in [7, 11) is -10.1. The van der Waals surface area contributed by atoms with E-state index in [4.69, 9.17) is 5.73 Å². The summed E-state index contributed by atoms with van der Waals surface area (Å²) in [5, 5.41) is 10.6. The normalized spacial score (nSPS) is 12.4. The van der Waals surface area contributed by atoms with Crippen LogP contribution in [0.25, 0.3) is 12.2 Å². The van der Waals surface area contributed by atoms with Gasteiger partial charge in [-0.2, -0.15) is 16.8 Å². The molecule has 0 radical (unpaired) electrons. The van der Waals surface area contributed by atoms with Crippen molar-refractivity contribution in [3.8, 4) is 0 Å². The Labute approximate surface area is 148 Å². The largest absolute Gasteiger partial charge is 0.398 e. The summed E-state index contributed by atoms with van der Waals surface area (Å²) < 4.78 is 64.8. The summed E-state index contributed by atoms with van der Waals surface area (Å²) in [4.78, 5) is 7.81. The van der Waals surface area contributed by atoms with Gasteiger partial charge in [0.1, 0.15) is 9.79 Å². The maximum atomic E-state index is 11.6. The van der Waals surface area contributed by atoms with E-state index in [2.05, 4.69) is 0 Å². The molecule has 138 valence electrons. The summed E-state index contributed by atoms with van der Waals surface area (Å²) >= 11 is 0. The van der Waals surface area contributed by atoms with Crippen molar-refractivity contribution in [1.29, 1.82) is 0 Å². The molecule has 2 rings (SSSR count). The molecule has 4 N–H and O–H groups in total. The zero-order chi connectivity index (χ0) is 19.7. The first-order chi connectivity index (χ1) is 11.9. The Morgan fingerprint density at radius 2 is 1.42 bits per heavy atom. The maximum Gasteiger partial charge on any atom is 0.298 e. The van der Waals surface area contributed by atoms with Gasteiger partial charge in [-0.3, -0.25) is 19.2 Å². The van der Waals surface area contributed by atoms with Gasteiger partial charge in [0.15, 0.2) is 0 Å². The molecule has 0 aliphatic heterocycles. The molecule has 0 atom stereocenters. The molecule has 0 aromatic heterocycles. The zero-order valence-electron chi connectivity index (χ0n) is 12.8. The van der Waals surface area contributed by atoms with Gasteiger partial charge in [-0.15, -0.1) is 0 Å². The van der Waals surface area contributed by atoms with Crippen molar-refractivity contribution >= 4 is 43.8 Å². The molecule has 0 spiro atoms. The lowest BCUT2D eigenvalue weighted by Gasteiger charge is -2.10. The number of benzene rings is 2. The van der Waals surface area contributed by atoms with Crippen molar-refractivity contribution in [3.63, 3.8) is 0 Å². The first-order valence-electron chi connectivity index (χ1n) is 6.71. The van der Waals surface area contributed by atoms with Crippen LogP contribution in [0.1, 0.15) is 11.1 Å². The highest BCUT2D eigenvalue weighted by Crippen LogP contribution is 2.31. The van der Waals surface area contributed by atoms with Crippen LogP contribution in [0.15, 0.2) is 46.2 Å². The van der Waals surface area contributed by atoms with Gasteiger partial charge >= 0.3 is 0 Å². The SMILES string of the molecule is Nc1ccc(C=Cc2ccc([N+](=O)[O-])cc2)c(S(=O)(=O)O)c1S(=O)(=O)O. The van der Waals surface area contributed by atoms with Crippen molar-refractivity contribution < 1.29 is 30.9 Å². The second-order valence-corrected chi connectivity index (χ2v) is 7.75. The Morgan fingerprint density at radius 3 is 1.88 bits per heavy atom. The fourth-order valence-electron chi connectivity index (χ4n) is 2.15. The highest BCUT2D eigenvalue weighted by atomic mass is 32.2. The first kappa shape index (κ1) is 19.5. The smallest absolute Gasteiger partial charge is 0.298 e. The van der Waals surface area contributed by atoms with E-state index in [1.807, 2.05) is 0 Å². The lowest BCUT2D eigenvalue weighted by Crippen LogP contribution is -2.13. The van der Waals surface area contributed by atoms with Crippen molar-refractivity contribution in [2.45, 2.75) is 9.79 Å². The van der Waals surface area contributed by atoms with Crippen LogP contribution in [-0.2, 0) is 20.2 Å². The van der Waals surface area contributed by atoms with Crippen LogP contribution in [0.5, 0.6) is 0 Å². The highest BCUT2D eigenvalue weighted by Gasteiger charge is 2.29. The number of nitro benzene ring substituents is 1. The highest BCUT2D eigenvalue weighted by molar-refractivity contribution is 7.89. The number of nitrogens with zero attached hydrogens (tertiary/aromatic N) is 1. The topological polar surface area (TPSA) is 178 Å². The van der Waals surface area contributed by atoms with Gasteiger partial charge in [-0.25, -0.2) is 0 Å². The summed E-state index contributed by atoms with van der Waals surface area (Å²) in [6.45, 7) is 0. The molecule has 2 aromatic rings. The average molecular weight is 400 g/mol. The lowest BCUT2D eigenvalue weighted by molar-refractivity contribution is -0.384. The molecule has 0 aliphatic rings. The minimum Gasteiger partial charge on any atom is -0.398 e. The number of hydrogen-bond donors (Lipinski definition) is 3. The Balaban J connectivity index is 2.62. The number of rotatable bonds is 5. The quantitative estimate of drug-likeness (QED) is 0.222. The third kappa shape index (κ3) is 4.23. The van der Waals surface area contributed by atoms with Crippen molar-refractivity contribution in [1.82, 2.24) is 0 Å². The van der Waals surface area contributed by atoms with Crippen LogP contribution >= 0.6 is 0 Å². The minimum atomic E-state index is -5.05. The predicted molar refractivity (Wildman–Crippen MR) is 92.5 cm³/mol. The molecule has 0 bridgehead atoms. The average Bonchev–Trinajstić information content (AvgIpc) is 2.51. The van der Waals surface area contributed by atoms with E-state index in [-0.39, 0.29) is 11.3 Å². The van der Waals surface area contributed by atoms with Crippen LogP contribution in [0.4, 0.5) is 11.4 Å². The van der Waals surface area contributed by atoms with Gasteiger partial charge in [0.05, 0.1) is 10.6 Å². The van der Waals surface area contributed by atoms with Gasteiger partial charge in [0.25, 0.3) is 25.9 Å². The molecule has 0 fully saturated rings. The molecule has 0 saturated carbocycles. The zero-order valence-corrected chi connectivity index (χ0v) is 14.4. The first-order valence-corrected chi connectivity index (χ1v) is 9.59. The number of non-ortho nitro benzene ring substituents is 1. The van der Waals surface area contributed by atoms with Crippen molar-refractivity contribution in [2.24, 2.45) is 0 Å². The molecular weight excluding hydrogens is 388 g/mol. The van der Waals surface area contributed by atoms with Gasteiger partial charge in [-0.1, -0.05) is 18.2 Å². The van der Waals surface area contributed by atoms with Gasteiger partial charge in [0.2, 0.25) is 0 Å². The molecule has 0 amide bonds. The fourth-order valence-corrected chi connectivity index (χ4v) is 4.29. The van der Waals surface area contributed by atoms with Crippen molar-refractivity contribution in [2.75, 3.05) is 5.73 Å². The molecular formula is C14H12N2O8S2. The maximum absolute atomic E-state index is 11.6. The van der Waals surface area contributed by atoms with Crippen LogP contribution in [-0.4, -0.2) is 30.9 Å². The van der Waals surface area contributed by atoms with E-state index in [9.17, 15) is 36.1 Å². The van der Waals surface area contributed by atoms with Crippen LogP contribution in [0.3, 0.4) is 0 Å². The fraction of sp³-hybridized carbons (Fsp3) is 0. The summed E-state index contributed by atoms with van der Waals surface area (Å²) in [5.74, 6) is 0. The molecule has 26 heavy (non-hydrogen) atoms. The van der Waals surface area contributed by atoms with Gasteiger partial charge in [-0.05, 0) is 29.3 Å². The molecule has 0 unspecified atom stereocenters. The number of nitro groups is 1. The van der Waals surface area contributed by atoms with E-state index in [1.54, 1.807) is 0 Å². The van der Waals surface area contributed by atoms with E-state index < -0.39 is 40.6 Å². The van der Waals surface area contributed by atoms with Gasteiger partial charge in [0, 0.05) is 12.1 Å². The summed E-state index contributed by atoms with van der Waals surface area (Å²) in [6.07, 6.45) is 2.48. The molecule has 0 aliphatic carbocycles. The third-order valence-corrected chi connectivity index (χ3v) is 5.29. The monoisotopic (exact) mass is 400 g/mol. The summed E-state index contributed by atoms with van der Waals surface area (Å²) in [6, 6.07) is 7.37. The lowest BCUT2D eigenvalue weighted by atomic mass is 10.1. The summed E-state index contributed by atoms with van der Waals surface area (Å²) in [5.41, 5.74) is 4.89. The minimum absolute atomic E-state index is 0.151. The van der Waals surface area contributed by atoms with Crippen LogP contribution < -0.4 is 5.73 Å². The Bertz CT molecular complexity index is 1100. The van der Waals surface area contributed by atoms with E-state index in [0.29, 0.717) is 5.56 Å². The van der Waals surface area contributed by atoms with E-state index in [1.165, 1.54) is 30.3 Å². The number of nitrogens with two attached hydrogens (primary N) is 1. The van der Waals surface area contributed by atoms with Gasteiger partial charge < -0.3 is 5.73 Å². The van der Waals surface area contributed by atoms with Crippen LogP contribution in [0.2, 0.25) is 0 Å². The molecule has 0 saturated heterocycles. The molecule has 12 heteroatoms. The molecule has 10 nitrogen and oxygen atoms in total. The Kier molecular flexibility index (Phi) is 5.13. The van der Waals surface area contributed by atoms with E-state index >= 15 is 0 Å². The van der Waals surface area contributed by atoms with Crippen LogP contribution in [0, 0.1) is 10.1 Å². The molecule has 2 aromatic carbocycles. The van der Waals surface area contributed by atoms with Crippen molar-refractivity contribution in [3.05, 3.63) is 57.6 Å². The predicted octanol–water partition coefficient (Wildman–Crippen LogP) is 1.84. The van der Waals surface area contributed by atoms with E-state index in [0.717, 1.165) is 18.2 Å². The number of hydrogen-bond acceptors (Lipinski definition) is 7. The molecule has 0 heterocycles. The number of anilines is 1. The standard InChI is InChI=1S/C14H12N2O8S2/c15-12-8-5-10(13(25(19,20)21)14(12)26(22,23)24)4-1-9-2-6-11(7-3-9)16(17)18/h1-8H,15H2,(H,19,20,21)(H,22,23,24).